The fourth-order valence-electron chi connectivity index (χ4n) is 1.89. The topological polar surface area (TPSA) is 102 Å². The fraction of sp³-hybridized carbons (Fsp3) is 0.125. The number of hydrogen-bond donors (Lipinski definition) is 2. The minimum absolute atomic E-state index is 0.0684. The van der Waals surface area contributed by atoms with Crippen molar-refractivity contribution in [3.8, 4) is 5.75 Å². The van der Waals surface area contributed by atoms with Crippen LogP contribution in [0.4, 0.5) is 5.69 Å². The highest BCUT2D eigenvalue weighted by Gasteiger charge is 2.17. The van der Waals surface area contributed by atoms with Gasteiger partial charge in [0.2, 0.25) is 5.91 Å². The average molecular weight is 348 g/mol. The van der Waals surface area contributed by atoms with Gasteiger partial charge in [-0.3, -0.25) is 9.59 Å². The number of rotatable bonds is 5. The van der Waals surface area contributed by atoms with Gasteiger partial charge in [0.1, 0.15) is 10.6 Å². The molecule has 2 amide bonds. The standard InChI is InChI=1S/C16H16N2O5S/c1-11(19)18-13-5-7-14(8-6-13)23-24(21,22)15-9-3-12(4-10-15)16(20)17-2/h3-10H,1-2H3,(H,17,20)(H,18,19). The van der Waals surface area contributed by atoms with Crippen LogP contribution in [0.15, 0.2) is 53.4 Å². The lowest BCUT2D eigenvalue weighted by Crippen LogP contribution is -2.18. The van der Waals surface area contributed by atoms with E-state index in [-0.39, 0.29) is 22.5 Å². The smallest absolute Gasteiger partial charge is 0.339 e. The maximum Gasteiger partial charge on any atom is 0.339 e. The number of benzene rings is 2. The van der Waals surface area contributed by atoms with Crippen molar-refractivity contribution in [2.24, 2.45) is 0 Å². The van der Waals surface area contributed by atoms with Gasteiger partial charge in [0, 0.05) is 25.2 Å². The molecule has 0 saturated heterocycles. The van der Waals surface area contributed by atoms with Crippen molar-refractivity contribution in [2.75, 3.05) is 12.4 Å². The summed E-state index contributed by atoms with van der Waals surface area (Å²) < 4.78 is 29.5. The van der Waals surface area contributed by atoms with Crippen LogP contribution in [0.1, 0.15) is 17.3 Å². The van der Waals surface area contributed by atoms with Crippen molar-refractivity contribution >= 4 is 27.6 Å². The Balaban J connectivity index is 2.15. The molecule has 0 spiro atoms. The molecule has 0 fully saturated rings. The van der Waals surface area contributed by atoms with Gasteiger partial charge in [-0.1, -0.05) is 0 Å². The van der Waals surface area contributed by atoms with E-state index >= 15 is 0 Å². The predicted molar refractivity (Wildman–Crippen MR) is 88.4 cm³/mol. The van der Waals surface area contributed by atoms with Crippen molar-refractivity contribution in [2.45, 2.75) is 11.8 Å². The highest BCUT2D eigenvalue weighted by atomic mass is 32.2. The van der Waals surface area contributed by atoms with Gasteiger partial charge in [0.05, 0.1) is 0 Å². The zero-order valence-electron chi connectivity index (χ0n) is 13.1. The quantitative estimate of drug-likeness (QED) is 0.802. The third-order valence-corrected chi connectivity index (χ3v) is 4.27. The molecule has 2 rings (SSSR count). The number of carbonyl (C=O) groups excluding carboxylic acids is 2. The first-order valence-corrected chi connectivity index (χ1v) is 8.37. The third kappa shape index (κ3) is 4.32. The first-order valence-electron chi connectivity index (χ1n) is 6.96. The molecule has 0 aliphatic rings. The van der Waals surface area contributed by atoms with E-state index in [0.717, 1.165) is 0 Å². The molecule has 0 aromatic heterocycles. The van der Waals surface area contributed by atoms with Crippen LogP contribution in [0.2, 0.25) is 0 Å². The molecule has 0 heterocycles. The molecule has 0 aliphatic carbocycles. The zero-order valence-corrected chi connectivity index (χ0v) is 13.9. The Bertz CT molecular complexity index is 843. The lowest BCUT2D eigenvalue weighted by molar-refractivity contribution is -0.114. The number of amides is 2. The SMILES string of the molecule is CNC(=O)c1ccc(S(=O)(=O)Oc2ccc(NC(C)=O)cc2)cc1. The van der Waals surface area contributed by atoms with E-state index in [2.05, 4.69) is 10.6 Å². The predicted octanol–water partition coefficient (Wildman–Crippen LogP) is 1.77. The minimum Gasteiger partial charge on any atom is -0.379 e. The molecular formula is C16H16N2O5S. The van der Waals surface area contributed by atoms with Crippen molar-refractivity contribution in [3.63, 3.8) is 0 Å². The Morgan fingerprint density at radius 2 is 1.54 bits per heavy atom. The van der Waals surface area contributed by atoms with Crippen LogP contribution in [0, 0.1) is 0 Å². The van der Waals surface area contributed by atoms with Gasteiger partial charge in [-0.2, -0.15) is 8.42 Å². The highest BCUT2D eigenvalue weighted by Crippen LogP contribution is 2.21. The molecular weight excluding hydrogens is 332 g/mol. The molecule has 0 saturated carbocycles. The van der Waals surface area contributed by atoms with Crippen molar-refractivity contribution in [1.82, 2.24) is 5.32 Å². The lowest BCUT2D eigenvalue weighted by atomic mass is 10.2. The summed E-state index contributed by atoms with van der Waals surface area (Å²) >= 11 is 0. The third-order valence-electron chi connectivity index (χ3n) is 3.01. The Kier molecular flexibility index (Phi) is 5.20. The normalized spacial score (nSPS) is 10.8. The van der Waals surface area contributed by atoms with Crippen molar-refractivity contribution in [1.29, 1.82) is 0 Å². The van der Waals surface area contributed by atoms with E-state index in [0.29, 0.717) is 11.3 Å². The summed E-state index contributed by atoms with van der Waals surface area (Å²) in [4.78, 5) is 22.3. The lowest BCUT2D eigenvalue weighted by Gasteiger charge is -2.08. The average Bonchev–Trinajstić information content (AvgIpc) is 2.55. The van der Waals surface area contributed by atoms with Gasteiger partial charge in [-0.25, -0.2) is 0 Å². The number of anilines is 1. The van der Waals surface area contributed by atoms with Gasteiger partial charge < -0.3 is 14.8 Å². The molecule has 24 heavy (non-hydrogen) atoms. The van der Waals surface area contributed by atoms with E-state index < -0.39 is 10.1 Å². The summed E-state index contributed by atoms with van der Waals surface area (Å²) in [5.41, 5.74) is 0.873. The van der Waals surface area contributed by atoms with Gasteiger partial charge in [0.15, 0.2) is 0 Å². The van der Waals surface area contributed by atoms with Crippen LogP contribution in [0.25, 0.3) is 0 Å². The van der Waals surface area contributed by atoms with E-state index in [1.54, 1.807) is 0 Å². The summed E-state index contributed by atoms with van der Waals surface area (Å²) in [5, 5.41) is 5.02. The van der Waals surface area contributed by atoms with Gasteiger partial charge in [-0.05, 0) is 48.5 Å². The second-order valence-corrected chi connectivity index (χ2v) is 6.39. The van der Waals surface area contributed by atoms with Crippen LogP contribution in [0.5, 0.6) is 5.75 Å². The fourth-order valence-corrected chi connectivity index (χ4v) is 2.82. The number of hydrogen-bond acceptors (Lipinski definition) is 5. The van der Waals surface area contributed by atoms with Gasteiger partial charge in [0.25, 0.3) is 5.91 Å². The minimum atomic E-state index is -4.02. The highest BCUT2D eigenvalue weighted by molar-refractivity contribution is 7.87. The summed E-state index contributed by atoms with van der Waals surface area (Å²) in [7, 11) is -2.53. The molecule has 0 aliphatic heterocycles. The second kappa shape index (κ2) is 7.14. The second-order valence-electron chi connectivity index (χ2n) is 4.85. The van der Waals surface area contributed by atoms with Crippen LogP contribution in [0.3, 0.4) is 0 Å². The van der Waals surface area contributed by atoms with Gasteiger partial charge in [-0.15, -0.1) is 0 Å². The van der Waals surface area contributed by atoms with E-state index in [1.165, 1.54) is 62.5 Å². The molecule has 8 heteroatoms. The monoisotopic (exact) mass is 348 g/mol. The summed E-state index contributed by atoms with van der Waals surface area (Å²) in [5.74, 6) is -0.430. The molecule has 7 nitrogen and oxygen atoms in total. The molecule has 2 aromatic carbocycles. The maximum atomic E-state index is 12.2. The zero-order chi connectivity index (χ0) is 17.7. The molecule has 0 atom stereocenters. The van der Waals surface area contributed by atoms with Crippen LogP contribution >= 0.6 is 0 Å². The molecule has 0 unspecified atom stereocenters. The molecule has 0 bridgehead atoms. The number of carbonyl (C=O) groups is 2. The summed E-state index contributed by atoms with van der Waals surface area (Å²) in [6, 6.07) is 11.3. The molecule has 126 valence electrons. The van der Waals surface area contributed by atoms with Crippen molar-refractivity contribution in [3.05, 3.63) is 54.1 Å². The number of nitrogens with one attached hydrogen (secondary N) is 2. The van der Waals surface area contributed by atoms with Crippen LogP contribution in [-0.4, -0.2) is 27.3 Å². The molecule has 2 N–H and O–H groups in total. The summed E-state index contributed by atoms with van der Waals surface area (Å²) in [6.07, 6.45) is 0. The largest absolute Gasteiger partial charge is 0.379 e. The summed E-state index contributed by atoms with van der Waals surface area (Å²) in [6.45, 7) is 1.37. The Morgan fingerprint density at radius 1 is 0.958 bits per heavy atom. The first-order chi connectivity index (χ1) is 11.3. The van der Waals surface area contributed by atoms with E-state index in [4.69, 9.17) is 4.18 Å². The Hall–Kier alpha value is -2.87. The van der Waals surface area contributed by atoms with E-state index in [1.807, 2.05) is 0 Å². The molecule has 0 radical (unpaired) electrons. The van der Waals surface area contributed by atoms with E-state index in [9.17, 15) is 18.0 Å². The Labute approximate surface area is 139 Å². The first kappa shape index (κ1) is 17.5. The van der Waals surface area contributed by atoms with Crippen LogP contribution in [-0.2, 0) is 14.9 Å². The Morgan fingerprint density at radius 3 is 2.04 bits per heavy atom. The molecule has 2 aromatic rings. The van der Waals surface area contributed by atoms with Crippen molar-refractivity contribution < 1.29 is 22.2 Å². The van der Waals surface area contributed by atoms with Gasteiger partial charge >= 0.3 is 10.1 Å². The van der Waals surface area contributed by atoms with Crippen LogP contribution < -0.4 is 14.8 Å². The maximum absolute atomic E-state index is 12.2.